The number of fused-ring (bicyclic) bond motifs is 1. The highest BCUT2D eigenvalue weighted by atomic mass is 16.5. The number of benzene rings is 3. The molecular weight excluding hydrogens is 564 g/mol. The SMILES string of the molecule is CCOC#N.CNc1nc(-c2ccc(CN3CCC(n4c(=O)[nH]c5ccccc54)CC3)cc2)c(-c2ccccc2)cc1C(=N)N. The molecule has 5 aromatic rings. The number of aromatic amines is 1. The molecule has 6 rings (SSSR count). The van der Waals surface area contributed by atoms with Gasteiger partial charge in [0.2, 0.25) is 0 Å². The number of hydrogen-bond donors (Lipinski definition) is 4. The fraction of sp³-hybridized carbons (Fsp3) is 0.257. The van der Waals surface area contributed by atoms with Gasteiger partial charge < -0.3 is 20.8 Å². The summed E-state index contributed by atoms with van der Waals surface area (Å²) >= 11 is 0. The molecule has 3 aromatic carbocycles. The Hall–Kier alpha value is -5.40. The summed E-state index contributed by atoms with van der Waals surface area (Å²) in [5.74, 6) is 0.567. The number of imidazole rings is 1. The maximum Gasteiger partial charge on any atom is 0.326 e. The van der Waals surface area contributed by atoms with Crippen LogP contribution in [0.5, 0.6) is 0 Å². The Balaban J connectivity index is 0.000000743. The average Bonchev–Trinajstić information content (AvgIpc) is 3.41. The molecule has 1 aliphatic rings. The number of nitrogens with two attached hydrogens (primary N) is 1. The molecule has 2 aromatic heterocycles. The van der Waals surface area contributed by atoms with E-state index >= 15 is 0 Å². The van der Waals surface area contributed by atoms with Crippen LogP contribution in [0.2, 0.25) is 0 Å². The molecule has 0 saturated carbocycles. The van der Waals surface area contributed by atoms with Crippen molar-refractivity contribution in [2.45, 2.75) is 32.4 Å². The van der Waals surface area contributed by atoms with Gasteiger partial charge in [-0.2, -0.15) is 5.26 Å². The lowest BCUT2D eigenvalue weighted by molar-refractivity contribution is 0.180. The third kappa shape index (κ3) is 7.06. The van der Waals surface area contributed by atoms with Crippen LogP contribution >= 0.6 is 0 Å². The third-order valence-electron chi connectivity index (χ3n) is 8.02. The summed E-state index contributed by atoms with van der Waals surface area (Å²) in [6, 6.07) is 28.7. The minimum Gasteiger partial charge on any atom is -0.428 e. The van der Waals surface area contributed by atoms with Crippen LogP contribution in [-0.2, 0) is 11.3 Å². The topological polar surface area (TPSA) is 149 Å². The number of aromatic nitrogens is 3. The average molecular weight is 603 g/mol. The highest BCUT2D eigenvalue weighted by Crippen LogP contribution is 2.34. The number of likely N-dealkylation sites (tertiary alicyclic amines) is 1. The van der Waals surface area contributed by atoms with Crippen LogP contribution < -0.4 is 16.7 Å². The van der Waals surface area contributed by atoms with Crippen molar-refractivity contribution < 1.29 is 4.74 Å². The maximum absolute atomic E-state index is 12.6. The van der Waals surface area contributed by atoms with Gasteiger partial charge in [-0.25, -0.2) is 9.78 Å². The summed E-state index contributed by atoms with van der Waals surface area (Å²) in [6.45, 7) is 4.99. The number of piperidine rings is 1. The van der Waals surface area contributed by atoms with E-state index < -0.39 is 0 Å². The number of nitrogen functional groups attached to an aromatic ring is 1. The normalized spacial score (nSPS) is 13.4. The van der Waals surface area contributed by atoms with Crippen molar-refractivity contribution in [2.75, 3.05) is 32.1 Å². The van der Waals surface area contributed by atoms with Gasteiger partial charge >= 0.3 is 5.69 Å². The summed E-state index contributed by atoms with van der Waals surface area (Å²) < 4.78 is 6.08. The van der Waals surface area contributed by atoms with Crippen LogP contribution in [0.3, 0.4) is 0 Å². The second-order valence-electron chi connectivity index (χ2n) is 10.9. The number of rotatable bonds is 8. The Morgan fingerprint density at radius 2 is 1.76 bits per heavy atom. The molecule has 0 unspecified atom stereocenters. The monoisotopic (exact) mass is 602 g/mol. The fourth-order valence-electron chi connectivity index (χ4n) is 5.83. The van der Waals surface area contributed by atoms with Crippen molar-refractivity contribution in [1.82, 2.24) is 19.4 Å². The van der Waals surface area contributed by atoms with Crippen molar-refractivity contribution in [3.63, 3.8) is 0 Å². The van der Waals surface area contributed by atoms with Crippen LogP contribution in [-0.4, -0.2) is 52.0 Å². The van der Waals surface area contributed by atoms with Crippen molar-refractivity contribution in [3.8, 4) is 28.6 Å². The van der Waals surface area contributed by atoms with Gasteiger partial charge in [0, 0.05) is 43.9 Å². The number of ether oxygens (including phenoxy) is 1. The molecular formula is C35H38N8O2. The van der Waals surface area contributed by atoms with Crippen molar-refractivity contribution in [1.29, 1.82) is 10.7 Å². The molecule has 1 saturated heterocycles. The number of hydrogen-bond acceptors (Lipinski definition) is 7. The smallest absolute Gasteiger partial charge is 0.326 e. The molecule has 5 N–H and O–H groups in total. The highest BCUT2D eigenvalue weighted by molar-refractivity contribution is 6.02. The fourth-order valence-corrected chi connectivity index (χ4v) is 5.83. The van der Waals surface area contributed by atoms with Crippen LogP contribution in [0.15, 0.2) is 89.7 Å². The van der Waals surface area contributed by atoms with Crippen LogP contribution in [0.25, 0.3) is 33.4 Å². The minimum absolute atomic E-state index is 0.0171. The van der Waals surface area contributed by atoms with E-state index in [1.807, 2.05) is 65.2 Å². The van der Waals surface area contributed by atoms with Crippen LogP contribution in [0, 0.1) is 16.9 Å². The molecule has 0 spiro atoms. The first-order valence-corrected chi connectivity index (χ1v) is 15.1. The second kappa shape index (κ2) is 14.4. The Morgan fingerprint density at radius 3 is 2.38 bits per heavy atom. The first-order chi connectivity index (χ1) is 21.9. The van der Waals surface area contributed by atoms with E-state index in [0.29, 0.717) is 18.0 Å². The molecule has 1 aliphatic heterocycles. The van der Waals surface area contributed by atoms with Gasteiger partial charge in [-0.3, -0.25) is 14.9 Å². The zero-order valence-electron chi connectivity index (χ0n) is 25.6. The Morgan fingerprint density at radius 1 is 1.07 bits per heavy atom. The van der Waals surface area contributed by atoms with Crippen molar-refractivity contribution in [3.05, 3.63) is 107 Å². The number of nitrogens with one attached hydrogen (secondary N) is 3. The number of anilines is 1. The molecule has 0 atom stereocenters. The zero-order valence-corrected chi connectivity index (χ0v) is 25.6. The molecule has 1 fully saturated rings. The number of para-hydroxylation sites is 2. The highest BCUT2D eigenvalue weighted by Gasteiger charge is 2.24. The Bertz CT molecular complexity index is 1850. The molecule has 0 aliphatic carbocycles. The Labute approximate surface area is 262 Å². The summed E-state index contributed by atoms with van der Waals surface area (Å²) in [5.41, 5.74) is 13.4. The van der Waals surface area contributed by atoms with Gasteiger partial charge in [0.1, 0.15) is 11.7 Å². The second-order valence-corrected chi connectivity index (χ2v) is 10.9. The first kappa shape index (κ1) is 31.0. The molecule has 0 amide bonds. The van der Waals surface area contributed by atoms with E-state index in [1.54, 1.807) is 14.0 Å². The van der Waals surface area contributed by atoms with Gasteiger partial charge in [-0.15, -0.1) is 0 Å². The summed E-state index contributed by atoms with van der Waals surface area (Å²) in [6.07, 6.45) is 3.41. The Kier molecular flexibility index (Phi) is 9.92. The number of nitriles is 1. The number of amidine groups is 1. The first-order valence-electron chi connectivity index (χ1n) is 15.1. The quantitative estimate of drug-likeness (QED) is 0.101. The van der Waals surface area contributed by atoms with Gasteiger partial charge in [0.05, 0.1) is 28.9 Å². The van der Waals surface area contributed by atoms with Crippen LogP contribution in [0.4, 0.5) is 5.82 Å². The van der Waals surface area contributed by atoms with E-state index in [9.17, 15) is 4.79 Å². The molecule has 0 bridgehead atoms. The molecule has 3 heterocycles. The van der Waals surface area contributed by atoms with Crippen LogP contribution in [0.1, 0.15) is 36.9 Å². The molecule has 10 heteroatoms. The van der Waals surface area contributed by atoms with E-state index in [1.165, 1.54) is 11.8 Å². The van der Waals surface area contributed by atoms with Gasteiger partial charge in [0.25, 0.3) is 6.26 Å². The molecule has 230 valence electrons. The maximum atomic E-state index is 12.6. The summed E-state index contributed by atoms with van der Waals surface area (Å²) in [5, 5.41) is 18.7. The lowest BCUT2D eigenvalue weighted by Crippen LogP contribution is -2.36. The van der Waals surface area contributed by atoms with Gasteiger partial charge in [-0.1, -0.05) is 66.7 Å². The lowest BCUT2D eigenvalue weighted by atomic mass is 9.96. The third-order valence-corrected chi connectivity index (χ3v) is 8.02. The van der Waals surface area contributed by atoms with E-state index in [4.69, 9.17) is 21.4 Å². The summed E-state index contributed by atoms with van der Waals surface area (Å²) in [4.78, 5) is 23.0. The molecule has 0 radical (unpaired) electrons. The number of nitrogens with zero attached hydrogens (tertiary/aromatic N) is 4. The van der Waals surface area contributed by atoms with E-state index in [0.717, 1.165) is 65.9 Å². The number of H-pyrrole nitrogens is 1. The van der Waals surface area contributed by atoms with Crippen molar-refractivity contribution >= 4 is 22.7 Å². The number of pyridine rings is 1. The zero-order chi connectivity index (χ0) is 31.8. The molecule has 10 nitrogen and oxygen atoms in total. The predicted octanol–water partition coefficient (Wildman–Crippen LogP) is 5.73. The largest absolute Gasteiger partial charge is 0.428 e. The minimum atomic E-state index is -0.0192. The summed E-state index contributed by atoms with van der Waals surface area (Å²) in [7, 11) is 1.79. The van der Waals surface area contributed by atoms with Crippen molar-refractivity contribution in [2.24, 2.45) is 5.73 Å². The van der Waals surface area contributed by atoms with E-state index in [2.05, 4.69) is 44.2 Å². The van der Waals surface area contributed by atoms with Gasteiger partial charge in [0.15, 0.2) is 0 Å². The lowest BCUT2D eigenvalue weighted by Gasteiger charge is -2.32. The standard InChI is InChI=1S/C32H33N7O.C3H5NO/c1-35-31-26(30(33)34)19-25(22-7-3-2-4-8-22)29(37-31)23-13-11-21(12-14-23)20-38-17-15-24(16-18-38)39-28-10-6-5-9-27(28)36-32(39)40;1-2-5-3-4/h2-14,19,24H,15-18,20H2,1H3,(H3,33,34)(H,35,37)(H,36,40);2H2,1H3. The molecule has 45 heavy (non-hydrogen) atoms. The van der Waals surface area contributed by atoms with E-state index in [-0.39, 0.29) is 17.6 Å². The predicted molar refractivity (Wildman–Crippen MR) is 179 cm³/mol. The van der Waals surface area contributed by atoms with Gasteiger partial charge in [-0.05, 0) is 49.1 Å².